The Bertz CT molecular complexity index is 899. The van der Waals surface area contributed by atoms with Gasteiger partial charge in [0.15, 0.2) is 0 Å². The molecule has 4 nitrogen and oxygen atoms in total. The van der Waals surface area contributed by atoms with Gasteiger partial charge in [-0.25, -0.2) is 4.79 Å². The van der Waals surface area contributed by atoms with Crippen molar-refractivity contribution in [2.45, 2.75) is 0 Å². The molecule has 0 N–H and O–H groups in total. The van der Waals surface area contributed by atoms with E-state index < -0.39 is 5.97 Å². The van der Waals surface area contributed by atoms with Crippen LogP contribution in [-0.2, 0) is 4.74 Å². The van der Waals surface area contributed by atoms with Crippen LogP contribution in [0, 0.1) is 0 Å². The van der Waals surface area contributed by atoms with E-state index in [1.54, 1.807) is 13.2 Å². The predicted octanol–water partition coefficient (Wildman–Crippen LogP) is 4.31. The van der Waals surface area contributed by atoms with Gasteiger partial charge in [0.2, 0.25) is 0 Å². The highest BCUT2D eigenvalue weighted by Crippen LogP contribution is 2.31. The van der Waals surface area contributed by atoms with Gasteiger partial charge < -0.3 is 14.2 Å². The van der Waals surface area contributed by atoms with Crippen molar-refractivity contribution in [3.63, 3.8) is 0 Å². The van der Waals surface area contributed by atoms with Gasteiger partial charge in [-0.05, 0) is 52.2 Å². The molecule has 0 heterocycles. The lowest BCUT2D eigenvalue weighted by molar-refractivity contribution is 0.0597. The summed E-state index contributed by atoms with van der Waals surface area (Å²) in [5.74, 6) is 0.890. The Morgan fingerprint density at radius 3 is 2.29 bits per heavy atom. The van der Waals surface area contributed by atoms with Crippen molar-refractivity contribution in [1.82, 2.24) is 0 Å². The third kappa shape index (κ3) is 2.91. The number of esters is 1. The normalized spacial score (nSPS) is 10.5. The molecule has 0 aliphatic carbocycles. The molecule has 0 aliphatic heterocycles. The lowest BCUT2D eigenvalue weighted by atomic mass is 9.99. The summed E-state index contributed by atoms with van der Waals surface area (Å²) >= 11 is 0. The van der Waals surface area contributed by atoms with Gasteiger partial charge in [0, 0.05) is 0 Å². The average Bonchev–Trinajstić information content (AvgIpc) is 2.65. The minimum Gasteiger partial charge on any atom is -0.497 e. The quantitative estimate of drug-likeness (QED) is 0.671. The molecule has 0 saturated carbocycles. The zero-order valence-corrected chi connectivity index (χ0v) is 13.8. The van der Waals surface area contributed by atoms with E-state index in [9.17, 15) is 4.79 Å². The molecule has 0 bridgehead atoms. The molecular weight excluding hydrogens is 304 g/mol. The second kappa shape index (κ2) is 6.62. The summed E-state index contributed by atoms with van der Waals surface area (Å²) in [5, 5.41) is 1.93. The van der Waals surface area contributed by atoms with Gasteiger partial charge in [0.1, 0.15) is 17.1 Å². The van der Waals surface area contributed by atoms with Gasteiger partial charge in [0.25, 0.3) is 0 Å². The number of rotatable bonds is 4. The van der Waals surface area contributed by atoms with Crippen molar-refractivity contribution in [2.24, 2.45) is 0 Å². The first kappa shape index (κ1) is 15.9. The SMILES string of the molecule is COC(=O)c1cc2cc(-c3cccc(OC)c3)ccc2cc1OC. The van der Waals surface area contributed by atoms with E-state index >= 15 is 0 Å². The van der Waals surface area contributed by atoms with Crippen LogP contribution in [0.2, 0.25) is 0 Å². The molecule has 24 heavy (non-hydrogen) atoms. The third-order valence-electron chi connectivity index (χ3n) is 3.97. The van der Waals surface area contributed by atoms with Crippen LogP contribution < -0.4 is 9.47 Å². The monoisotopic (exact) mass is 322 g/mol. The molecule has 3 aromatic rings. The van der Waals surface area contributed by atoms with E-state index in [0.29, 0.717) is 11.3 Å². The topological polar surface area (TPSA) is 44.8 Å². The van der Waals surface area contributed by atoms with Gasteiger partial charge in [-0.15, -0.1) is 0 Å². The van der Waals surface area contributed by atoms with E-state index in [4.69, 9.17) is 14.2 Å². The maximum atomic E-state index is 12.0. The number of ether oxygens (including phenoxy) is 3. The highest BCUT2D eigenvalue weighted by molar-refractivity contribution is 5.99. The molecule has 0 aromatic heterocycles. The molecule has 122 valence electrons. The number of hydrogen-bond donors (Lipinski definition) is 0. The Morgan fingerprint density at radius 2 is 1.58 bits per heavy atom. The maximum Gasteiger partial charge on any atom is 0.341 e. The Kier molecular flexibility index (Phi) is 4.38. The number of carbonyl (C=O) groups is 1. The van der Waals surface area contributed by atoms with Gasteiger partial charge in [-0.1, -0.05) is 24.3 Å². The van der Waals surface area contributed by atoms with E-state index in [-0.39, 0.29) is 0 Å². The van der Waals surface area contributed by atoms with Crippen LogP contribution in [0.4, 0.5) is 0 Å². The Morgan fingerprint density at radius 1 is 0.792 bits per heavy atom. The number of hydrogen-bond acceptors (Lipinski definition) is 4. The summed E-state index contributed by atoms with van der Waals surface area (Å²) in [4.78, 5) is 12.0. The molecule has 0 saturated heterocycles. The fraction of sp³-hybridized carbons (Fsp3) is 0.150. The zero-order valence-electron chi connectivity index (χ0n) is 13.8. The maximum absolute atomic E-state index is 12.0. The van der Waals surface area contributed by atoms with Crippen LogP contribution in [0.5, 0.6) is 11.5 Å². The molecule has 3 aromatic carbocycles. The van der Waals surface area contributed by atoms with E-state index in [1.807, 2.05) is 48.5 Å². The summed E-state index contributed by atoms with van der Waals surface area (Å²) in [6, 6.07) is 17.6. The molecule has 0 fully saturated rings. The number of methoxy groups -OCH3 is 3. The molecule has 0 atom stereocenters. The fourth-order valence-corrected chi connectivity index (χ4v) is 2.70. The predicted molar refractivity (Wildman–Crippen MR) is 93.8 cm³/mol. The highest BCUT2D eigenvalue weighted by atomic mass is 16.5. The molecule has 0 radical (unpaired) electrons. The average molecular weight is 322 g/mol. The Hall–Kier alpha value is -3.01. The van der Waals surface area contributed by atoms with Gasteiger partial charge in [0.05, 0.1) is 21.3 Å². The standard InChI is InChI=1S/C20H18O4/c1-22-17-6-4-5-13(10-17)14-7-8-15-12-19(23-2)18(20(21)24-3)11-16(15)9-14/h4-12H,1-3H3. The summed E-state index contributed by atoms with van der Waals surface area (Å²) in [7, 11) is 4.55. The van der Waals surface area contributed by atoms with Crippen molar-refractivity contribution in [3.05, 3.63) is 60.2 Å². The van der Waals surface area contributed by atoms with Crippen LogP contribution in [0.1, 0.15) is 10.4 Å². The number of fused-ring (bicyclic) bond motifs is 1. The lowest BCUT2D eigenvalue weighted by Crippen LogP contribution is -2.04. The van der Waals surface area contributed by atoms with Crippen molar-refractivity contribution in [1.29, 1.82) is 0 Å². The van der Waals surface area contributed by atoms with Crippen molar-refractivity contribution >= 4 is 16.7 Å². The smallest absolute Gasteiger partial charge is 0.341 e. The van der Waals surface area contributed by atoms with Crippen LogP contribution in [0.3, 0.4) is 0 Å². The minimum absolute atomic E-state index is 0.412. The Balaban J connectivity index is 2.14. The van der Waals surface area contributed by atoms with Crippen LogP contribution in [0.15, 0.2) is 54.6 Å². The molecule has 4 heteroatoms. The zero-order chi connectivity index (χ0) is 17.1. The lowest BCUT2D eigenvalue weighted by Gasteiger charge is -2.10. The van der Waals surface area contributed by atoms with E-state index in [0.717, 1.165) is 27.6 Å². The first-order chi connectivity index (χ1) is 11.7. The summed E-state index contributed by atoms with van der Waals surface area (Å²) in [6.07, 6.45) is 0. The summed E-state index contributed by atoms with van der Waals surface area (Å²) in [6.45, 7) is 0. The van der Waals surface area contributed by atoms with Crippen molar-refractivity contribution in [3.8, 4) is 22.6 Å². The Labute approximate surface area is 140 Å². The largest absolute Gasteiger partial charge is 0.497 e. The van der Waals surface area contributed by atoms with Crippen molar-refractivity contribution in [2.75, 3.05) is 21.3 Å². The molecule has 0 aliphatic rings. The molecule has 0 amide bonds. The second-order valence-electron chi connectivity index (χ2n) is 5.34. The molecule has 0 unspecified atom stereocenters. The van der Waals surface area contributed by atoms with Gasteiger partial charge >= 0.3 is 5.97 Å². The van der Waals surface area contributed by atoms with Crippen LogP contribution in [-0.4, -0.2) is 27.3 Å². The molecule has 0 spiro atoms. The fourth-order valence-electron chi connectivity index (χ4n) is 2.70. The highest BCUT2D eigenvalue weighted by Gasteiger charge is 2.14. The third-order valence-corrected chi connectivity index (χ3v) is 3.97. The molecular formula is C20H18O4. The first-order valence-electron chi connectivity index (χ1n) is 7.51. The summed E-state index contributed by atoms with van der Waals surface area (Å²) in [5.41, 5.74) is 2.50. The second-order valence-corrected chi connectivity index (χ2v) is 5.34. The van der Waals surface area contributed by atoms with Crippen LogP contribution >= 0.6 is 0 Å². The van der Waals surface area contributed by atoms with E-state index in [2.05, 4.69) is 0 Å². The number of benzene rings is 3. The van der Waals surface area contributed by atoms with Crippen LogP contribution in [0.25, 0.3) is 21.9 Å². The van der Waals surface area contributed by atoms with Gasteiger partial charge in [-0.2, -0.15) is 0 Å². The van der Waals surface area contributed by atoms with E-state index in [1.165, 1.54) is 14.2 Å². The van der Waals surface area contributed by atoms with Gasteiger partial charge in [-0.3, -0.25) is 0 Å². The number of carbonyl (C=O) groups excluding carboxylic acids is 1. The minimum atomic E-state index is -0.416. The first-order valence-corrected chi connectivity index (χ1v) is 7.51. The van der Waals surface area contributed by atoms with Crippen molar-refractivity contribution < 1.29 is 19.0 Å². The molecule has 3 rings (SSSR count). The summed E-state index contributed by atoms with van der Waals surface area (Å²) < 4.78 is 15.4.